The number of hydrogen-bond acceptors (Lipinski definition) is 3. The zero-order valence-electron chi connectivity index (χ0n) is 11.4. The van der Waals surface area contributed by atoms with Crippen LogP contribution in [0.25, 0.3) is 6.08 Å². The Labute approximate surface area is 113 Å². The van der Waals surface area contributed by atoms with E-state index in [1.807, 2.05) is 12.1 Å². The molecule has 0 aliphatic heterocycles. The fourth-order valence-electron chi connectivity index (χ4n) is 1.54. The quantitative estimate of drug-likeness (QED) is 0.570. The van der Waals surface area contributed by atoms with E-state index >= 15 is 0 Å². The summed E-state index contributed by atoms with van der Waals surface area (Å²) in [5.41, 5.74) is 2.68. The number of esters is 1. The molecule has 1 rings (SSSR count). The lowest BCUT2D eigenvalue weighted by Gasteiger charge is -1.97. The molecule has 0 saturated carbocycles. The van der Waals surface area contributed by atoms with Crippen LogP contribution in [0.1, 0.15) is 48.2 Å². The summed E-state index contributed by atoms with van der Waals surface area (Å²) in [7, 11) is 1.40. The Balaban J connectivity index is 2.62. The molecular formula is C15H20O2S. The smallest absolute Gasteiger partial charge is 0.348 e. The molecule has 0 amide bonds. The van der Waals surface area contributed by atoms with Gasteiger partial charge in [0.2, 0.25) is 0 Å². The van der Waals surface area contributed by atoms with Crippen LogP contribution in [0, 0.1) is 0 Å². The molecule has 0 spiro atoms. The summed E-state index contributed by atoms with van der Waals surface area (Å²) in [5, 5.41) is 0. The van der Waals surface area contributed by atoms with Gasteiger partial charge in [0, 0.05) is 4.88 Å². The van der Waals surface area contributed by atoms with E-state index in [4.69, 9.17) is 0 Å². The van der Waals surface area contributed by atoms with Crippen molar-refractivity contribution in [3.8, 4) is 0 Å². The number of thiophene rings is 1. The maximum absolute atomic E-state index is 11.3. The van der Waals surface area contributed by atoms with E-state index in [2.05, 4.69) is 37.7 Å². The van der Waals surface area contributed by atoms with Gasteiger partial charge in [0.25, 0.3) is 0 Å². The first-order chi connectivity index (χ1) is 8.52. The zero-order chi connectivity index (χ0) is 13.5. The molecule has 2 nitrogen and oxygen atoms in total. The van der Waals surface area contributed by atoms with Crippen LogP contribution in [0.15, 0.2) is 29.4 Å². The predicted molar refractivity (Wildman–Crippen MR) is 78.0 cm³/mol. The minimum atomic E-state index is -0.262. The maximum Gasteiger partial charge on any atom is 0.348 e. The Hall–Kier alpha value is -1.35. The van der Waals surface area contributed by atoms with Gasteiger partial charge in [-0.15, -0.1) is 11.3 Å². The molecule has 1 heterocycles. The van der Waals surface area contributed by atoms with E-state index in [0.717, 1.165) is 17.7 Å². The Morgan fingerprint density at radius 2 is 2.06 bits per heavy atom. The number of rotatable bonds is 5. The summed E-state index contributed by atoms with van der Waals surface area (Å²) in [6, 6.07) is 3.77. The molecule has 0 aromatic carbocycles. The average Bonchev–Trinajstić information content (AvgIpc) is 2.76. The van der Waals surface area contributed by atoms with Gasteiger partial charge in [0.1, 0.15) is 4.88 Å². The van der Waals surface area contributed by atoms with Crippen molar-refractivity contribution in [1.82, 2.24) is 0 Å². The topological polar surface area (TPSA) is 26.3 Å². The van der Waals surface area contributed by atoms with Gasteiger partial charge >= 0.3 is 5.97 Å². The van der Waals surface area contributed by atoms with Crippen LogP contribution in [0.4, 0.5) is 0 Å². The summed E-state index contributed by atoms with van der Waals surface area (Å²) in [6.45, 7) is 6.35. The Morgan fingerprint density at radius 3 is 2.67 bits per heavy atom. The molecule has 0 saturated heterocycles. The molecular weight excluding hydrogens is 244 g/mol. The SMILES string of the molecule is COC(=O)c1ccc(/C=C(\C)CCC=C(C)C)s1. The van der Waals surface area contributed by atoms with Crippen LogP contribution >= 0.6 is 11.3 Å². The highest BCUT2D eigenvalue weighted by Gasteiger charge is 2.07. The molecule has 1 aromatic heterocycles. The molecule has 0 atom stereocenters. The molecule has 3 heteroatoms. The lowest BCUT2D eigenvalue weighted by Crippen LogP contribution is -1.96. The molecule has 0 bridgehead atoms. The second-order valence-corrected chi connectivity index (χ2v) is 5.62. The van der Waals surface area contributed by atoms with Crippen molar-refractivity contribution >= 4 is 23.4 Å². The Kier molecular flexibility index (Phi) is 5.86. The van der Waals surface area contributed by atoms with E-state index in [9.17, 15) is 4.79 Å². The van der Waals surface area contributed by atoms with Crippen LogP contribution in [0.2, 0.25) is 0 Å². The third kappa shape index (κ3) is 4.88. The third-order valence-electron chi connectivity index (χ3n) is 2.49. The number of methoxy groups -OCH3 is 1. The van der Waals surface area contributed by atoms with Crippen molar-refractivity contribution in [2.24, 2.45) is 0 Å². The fraction of sp³-hybridized carbons (Fsp3) is 0.400. The normalized spacial score (nSPS) is 11.2. The number of ether oxygens (including phenoxy) is 1. The van der Waals surface area contributed by atoms with Crippen molar-refractivity contribution in [2.45, 2.75) is 33.6 Å². The largest absolute Gasteiger partial charge is 0.465 e. The van der Waals surface area contributed by atoms with Crippen LogP contribution in [-0.2, 0) is 4.74 Å². The summed E-state index contributed by atoms with van der Waals surface area (Å²) in [6.07, 6.45) is 6.50. The van der Waals surface area contributed by atoms with Crippen LogP contribution in [0.3, 0.4) is 0 Å². The van der Waals surface area contributed by atoms with Gasteiger partial charge < -0.3 is 4.74 Å². The average molecular weight is 264 g/mol. The Morgan fingerprint density at radius 1 is 1.33 bits per heavy atom. The summed E-state index contributed by atoms with van der Waals surface area (Å²) in [4.78, 5) is 13.1. The van der Waals surface area contributed by atoms with Crippen LogP contribution in [0.5, 0.6) is 0 Å². The van der Waals surface area contributed by atoms with Gasteiger partial charge in [-0.2, -0.15) is 0 Å². The number of carbonyl (C=O) groups excluding carboxylic acids is 1. The molecule has 0 aliphatic rings. The molecule has 0 radical (unpaired) electrons. The van der Waals surface area contributed by atoms with E-state index in [-0.39, 0.29) is 5.97 Å². The second-order valence-electron chi connectivity index (χ2n) is 4.50. The van der Waals surface area contributed by atoms with Gasteiger partial charge in [-0.3, -0.25) is 0 Å². The number of allylic oxidation sites excluding steroid dienone is 3. The summed E-state index contributed by atoms with van der Waals surface area (Å²) < 4.78 is 4.69. The first-order valence-electron chi connectivity index (χ1n) is 6.01. The highest BCUT2D eigenvalue weighted by atomic mass is 32.1. The maximum atomic E-state index is 11.3. The molecule has 0 fully saturated rings. The van der Waals surface area contributed by atoms with Crippen LogP contribution in [-0.4, -0.2) is 13.1 Å². The standard InChI is InChI=1S/C15H20O2S/c1-11(2)6-5-7-12(3)10-13-8-9-14(18-13)15(16)17-4/h6,8-10H,5,7H2,1-4H3/b12-10+. The molecule has 1 aromatic rings. The fourth-order valence-corrected chi connectivity index (χ4v) is 2.50. The molecule has 18 heavy (non-hydrogen) atoms. The first-order valence-corrected chi connectivity index (χ1v) is 6.83. The van der Waals surface area contributed by atoms with E-state index in [1.165, 1.54) is 29.6 Å². The minimum Gasteiger partial charge on any atom is -0.465 e. The molecule has 0 N–H and O–H groups in total. The summed E-state index contributed by atoms with van der Waals surface area (Å²) in [5.74, 6) is -0.262. The van der Waals surface area contributed by atoms with E-state index in [1.54, 1.807) is 0 Å². The van der Waals surface area contributed by atoms with Gasteiger partial charge in [-0.05, 0) is 51.8 Å². The zero-order valence-corrected chi connectivity index (χ0v) is 12.3. The van der Waals surface area contributed by atoms with Gasteiger partial charge in [0.15, 0.2) is 0 Å². The van der Waals surface area contributed by atoms with Gasteiger partial charge in [0.05, 0.1) is 7.11 Å². The Bertz CT molecular complexity index is 463. The summed E-state index contributed by atoms with van der Waals surface area (Å²) >= 11 is 1.47. The van der Waals surface area contributed by atoms with Crippen molar-refractivity contribution in [3.05, 3.63) is 39.1 Å². The lowest BCUT2D eigenvalue weighted by atomic mass is 10.1. The first kappa shape index (κ1) is 14.7. The van der Waals surface area contributed by atoms with E-state index < -0.39 is 0 Å². The highest BCUT2D eigenvalue weighted by molar-refractivity contribution is 7.14. The van der Waals surface area contributed by atoms with Crippen molar-refractivity contribution in [3.63, 3.8) is 0 Å². The third-order valence-corrected chi connectivity index (χ3v) is 3.51. The van der Waals surface area contributed by atoms with Gasteiger partial charge in [-0.25, -0.2) is 4.79 Å². The lowest BCUT2D eigenvalue weighted by molar-refractivity contribution is 0.0606. The minimum absolute atomic E-state index is 0.262. The van der Waals surface area contributed by atoms with E-state index in [0.29, 0.717) is 4.88 Å². The molecule has 0 aliphatic carbocycles. The van der Waals surface area contributed by atoms with Gasteiger partial charge in [-0.1, -0.05) is 17.2 Å². The van der Waals surface area contributed by atoms with Crippen molar-refractivity contribution in [2.75, 3.05) is 7.11 Å². The number of hydrogen-bond donors (Lipinski definition) is 0. The van der Waals surface area contributed by atoms with Crippen molar-refractivity contribution < 1.29 is 9.53 Å². The molecule has 98 valence electrons. The highest BCUT2D eigenvalue weighted by Crippen LogP contribution is 2.21. The van der Waals surface area contributed by atoms with Crippen molar-refractivity contribution in [1.29, 1.82) is 0 Å². The molecule has 0 unspecified atom stereocenters. The number of carbonyl (C=O) groups is 1. The monoisotopic (exact) mass is 264 g/mol. The predicted octanol–water partition coefficient (Wildman–Crippen LogP) is 4.68. The second kappa shape index (κ2) is 7.17. The van der Waals surface area contributed by atoms with Crippen LogP contribution < -0.4 is 0 Å².